The van der Waals surface area contributed by atoms with Gasteiger partial charge in [0.05, 0.1) is 5.60 Å². The summed E-state index contributed by atoms with van der Waals surface area (Å²) in [5.41, 5.74) is -0.763. The number of β-amino-alcohol motifs (C(OH)–C–C–N with tert-alkyl or cyclic N) is 1. The Balaban J connectivity index is 1.68. The molecule has 2 N–H and O–H groups in total. The molecule has 20 heavy (non-hydrogen) atoms. The molecule has 0 aromatic carbocycles. The number of aliphatic hydroxyl groups is 1. The molecule has 0 radical (unpaired) electrons. The van der Waals surface area contributed by atoms with Crippen LogP contribution in [0.5, 0.6) is 0 Å². The maximum absolute atomic E-state index is 12.1. The van der Waals surface area contributed by atoms with E-state index in [1.807, 2.05) is 0 Å². The molecule has 1 heterocycles. The highest BCUT2D eigenvalue weighted by Crippen LogP contribution is 2.24. The molecule has 0 aromatic rings. The summed E-state index contributed by atoms with van der Waals surface area (Å²) in [5, 5.41) is 12.9. The smallest absolute Gasteiger partial charge is 0.224 e. The highest BCUT2D eigenvalue weighted by molar-refractivity contribution is 5.80. The van der Waals surface area contributed by atoms with Gasteiger partial charge in [0.25, 0.3) is 0 Å². The summed E-state index contributed by atoms with van der Waals surface area (Å²) in [4.78, 5) is 25.6. The van der Waals surface area contributed by atoms with Gasteiger partial charge < -0.3 is 15.3 Å². The largest absolute Gasteiger partial charge is 0.388 e. The SMILES string of the molecule is CC1(O)CCCN(C(=O)CCNC(=O)C2CCCC2)C1. The summed E-state index contributed by atoms with van der Waals surface area (Å²) in [7, 11) is 0. The van der Waals surface area contributed by atoms with Crippen molar-refractivity contribution in [3.05, 3.63) is 0 Å². The van der Waals surface area contributed by atoms with E-state index >= 15 is 0 Å². The highest BCUT2D eigenvalue weighted by Gasteiger charge is 2.30. The lowest BCUT2D eigenvalue weighted by Gasteiger charge is -2.36. The van der Waals surface area contributed by atoms with E-state index in [-0.39, 0.29) is 17.7 Å². The monoisotopic (exact) mass is 282 g/mol. The third-order valence-electron chi connectivity index (χ3n) is 4.39. The van der Waals surface area contributed by atoms with Gasteiger partial charge in [-0.1, -0.05) is 12.8 Å². The zero-order chi connectivity index (χ0) is 14.6. The molecule has 1 saturated heterocycles. The maximum Gasteiger partial charge on any atom is 0.224 e. The molecule has 2 rings (SSSR count). The normalized spacial score (nSPS) is 27.6. The summed E-state index contributed by atoms with van der Waals surface area (Å²) >= 11 is 0. The van der Waals surface area contributed by atoms with Crippen molar-refractivity contribution in [2.75, 3.05) is 19.6 Å². The van der Waals surface area contributed by atoms with Crippen LogP contribution in [0.3, 0.4) is 0 Å². The summed E-state index contributed by atoms with van der Waals surface area (Å²) in [6, 6.07) is 0. The Morgan fingerprint density at radius 3 is 2.65 bits per heavy atom. The zero-order valence-corrected chi connectivity index (χ0v) is 12.4. The summed E-state index contributed by atoms with van der Waals surface area (Å²) in [6.45, 7) is 3.30. The lowest BCUT2D eigenvalue weighted by molar-refractivity contribution is -0.137. The fraction of sp³-hybridized carbons (Fsp3) is 0.867. The third kappa shape index (κ3) is 4.20. The second kappa shape index (κ2) is 6.57. The molecule has 0 bridgehead atoms. The average molecular weight is 282 g/mol. The van der Waals surface area contributed by atoms with Crippen LogP contribution in [0.1, 0.15) is 51.9 Å². The number of piperidine rings is 1. The van der Waals surface area contributed by atoms with Gasteiger partial charge >= 0.3 is 0 Å². The molecule has 2 amide bonds. The van der Waals surface area contributed by atoms with Gasteiger partial charge in [0, 0.05) is 32.0 Å². The number of amides is 2. The molecule has 5 heteroatoms. The Kier molecular flexibility index (Phi) is 5.02. The minimum absolute atomic E-state index is 0.0247. The minimum Gasteiger partial charge on any atom is -0.388 e. The van der Waals surface area contributed by atoms with E-state index in [9.17, 15) is 14.7 Å². The van der Waals surface area contributed by atoms with Crippen molar-refractivity contribution in [2.45, 2.75) is 57.5 Å². The Bertz CT molecular complexity index is 362. The van der Waals surface area contributed by atoms with E-state index in [0.717, 1.165) is 38.5 Å². The molecular weight excluding hydrogens is 256 g/mol. The van der Waals surface area contributed by atoms with Crippen molar-refractivity contribution >= 4 is 11.8 Å². The van der Waals surface area contributed by atoms with Crippen LogP contribution in [-0.4, -0.2) is 47.1 Å². The molecule has 1 unspecified atom stereocenters. The first-order valence-electron chi connectivity index (χ1n) is 7.76. The van der Waals surface area contributed by atoms with Gasteiger partial charge in [-0.3, -0.25) is 9.59 Å². The lowest BCUT2D eigenvalue weighted by atomic mass is 9.95. The first-order chi connectivity index (χ1) is 9.48. The van der Waals surface area contributed by atoms with Crippen LogP contribution >= 0.6 is 0 Å². The topological polar surface area (TPSA) is 69.6 Å². The van der Waals surface area contributed by atoms with Crippen molar-refractivity contribution in [1.29, 1.82) is 0 Å². The van der Waals surface area contributed by atoms with E-state index < -0.39 is 5.60 Å². The van der Waals surface area contributed by atoms with Gasteiger partial charge in [-0.2, -0.15) is 0 Å². The van der Waals surface area contributed by atoms with Crippen LogP contribution in [0.25, 0.3) is 0 Å². The van der Waals surface area contributed by atoms with Crippen molar-refractivity contribution in [3.63, 3.8) is 0 Å². The Labute approximate surface area is 120 Å². The van der Waals surface area contributed by atoms with Crippen molar-refractivity contribution in [2.24, 2.45) is 5.92 Å². The van der Waals surface area contributed by atoms with Crippen LogP contribution in [0.4, 0.5) is 0 Å². The number of hydrogen-bond acceptors (Lipinski definition) is 3. The van der Waals surface area contributed by atoms with Crippen LogP contribution in [0.15, 0.2) is 0 Å². The van der Waals surface area contributed by atoms with Gasteiger partial charge in [0.15, 0.2) is 0 Å². The Morgan fingerprint density at radius 2 is 2.00 bits per heavy atom. The van der Waals surface area contributed by atoms with E-state index in [2.05, 4.69) is 5.32 Å². The van der Waals surface area contributed by atoms with Gasteiger partial charge in [-0.15, -0.1) is 0 Å². The second-order valence-electron chi connectivity index (χ2n) is 6.44. The number of nitrogens with zero attached hydrogens (tertiary/aromatic N) is 1. The number of hydrogen-bond donors (Lipinski definition) is 2. The molecule has 1 aliphatic carbocycles. The third-order valence-corrected chi connectivity index (χ3v) is 4.39. The predicted molar refractivity (Wildman–Crippen MR) is 76.0 cm³/mol. The predicted octanol–water partition coefficient (Wildman–Crippen LogP) is 1.06. The van der Waals surface area contributed by atoms with Crippen LogP contribution in [0, 0.1) is 5.92 Å². The highest BCUT2D eigenvalue weighted by atomic mass is 16.3. The lowest BCUT2D eigenvalue weighted by Crippen LogP contribution is -2.49. The van der Waals surface area contributed by atoms with E-state index in [0.29, 0.717) is 26.1 Å². The van der Waals surface area contributed by atoms with Gasteiger partial charge in [-0.05, 0) is 32.6 Å². The minimum atomic E-state index is -0.763. The van der Waals surface area contributed by atoms with Crippen LogP contribution in [-0.2, 0) is 9.59 Å². The quantitative estimate of drug-likeness (QED) is 0.810. The molecule has 2 aliphatic rings. The van der Waals surface area contributed by atoms with Crippen molar-refractivity contribution < 1.29 is 14.7 Å². The molecule has 1 saturated carbocycles. The van der Waals surface area contributed by atoms with Crippen molar-refractivity contribution in [3.8, 4) is 0 Å². The average Bonchev–Trinajstić information content (AvgIpc) is 2.91. The van der Waals surface area contributed by atoms with Crippen LogP contribution in [0.2, 0.25) is 0 Å². The van der Waals surface area contributed by atoms with Gasteiger partial charge in [-0.25, -0.2) is 0 Å². The standard InChI is InChI=1S/C15H26N2O3/c1-15(20)8-4-10-17(11-15)13(18)7-9-16-14(19)12-5-2-3-6-12/h12,20H,2-11H2,1H3,(H,16,19). The van der Waals surface area contributed by atoms with E-state index in [1.165, 1.54) is 0 Å². The summed E-state index contributed by atoms with van der Waals surface area (Å²) in [5.74, 6) is 0.276. The number of carbonyl (C=O) groups excluding carboxylic acids is 2. The van der Waals surface area contributed by atoms with Crippen molar-refractivity contribution in [1.82, 2.24) is 10.2 Å². The summed E-state index contributed by atoms with van der Waals surface area (Å²) in [6.07, 6.45) is 6.15. The summed E-state index contributed by atoms with van der Waals surface area (Å²) < 4.78 is 0. The molecule has 0 aromatic heterocycles. The molecule has 0 spiro atoms. The zero-order valence-electron chi connectivity index (χ0n) is 12.4. The van der Waals surface area contributed by atoms with E-state index in [1.54, 1.807) is 11.8 Å². The Hall–Kier alpha value is -1.10. The first kappa shape index (κ1) is 15.3. The molecule has 1 atom stereocenters. The fourth-order valence-corrected chi connectivity index (χ4v) is 3.22. The molecular formula is C15H26N2O3. The number of likely N-dealkylation sites (tertiary alicyclic amines) is 1. The second-order valence-corrected chi connectivity index (χ2v) is 6.44. The maximum atomic E-state index is 12.1. The van der Waals surface area contributed by atoms with Gasteiger partial charge in [0.2, 0.25) is 11.8 Å². The molecule has 5 nitrogen and oxygen atoms in total. The van der Waals surface area contributed by atoms with Crippen LogP contribution < -0.4 is 5.32 Å². The Morgan fingerprint density at radius 1 is 1.30 bits per heavy atom. The number of nitrogens with one attached hydrogen (secondary N) is 1. The molecule has 114 valence electrons. The number of carbonyl (C=O) groups is 2. The molecule has 1 aliphatic heterocycles. The first-order valence-corrected chi connectivity index (χ1v) is 7.76. The fourth-order valence-electron chi connectivity index (χ4n) is 3.22. The van der Waals surface area contributed by atoms with E-state index in [4.69, 9.17) is 0 Å². The number of rotatable bonds is 4. The molecule has 2 fully saturated rings. The van der Waals surface area contributed by atoms with Gasteiger partial charge in [0.1, 0.15) is 0 Å².